The molecule has 36 heavy (non-hydrogen) atoms. The number of hydrogen-bond donors (Lipinski definition) is 3. The van der Waals surface area contributed by atoms with Crippen molar-refractivity contribution in [2.24, 2.45) is 17.2 Å². The van der Waals surface area contributed by atoms with Gasteiger partial charge in [0.2, 0.25) is 0 Å². The van der Waals surface area contributed by atoms with E-state index < -0.39 is 5.79 Å². The van der Waals surface area contributed by atoms with Gasteiger partial charge in [0.25, 0.3) is 0 Å². The molecule has 6 heteroatoms. The smallest absolute Gasteiger partial charge is 0.160 e. The van der Waals surface area contributed by atoms with E-state index >= 15 is 0 Å². The van der Waals surface area contributed by atoms with E-state index in [4.69, 9.17) is 22.5 Å². The summed E-state index contributed by atoms with van der Waals surface area (Å²) in [6.07, 6.45) is 0. The predicted octanol–water partition coefficient (Wildman–Crippen LogP) is 2.22. The molecule has 187 valence electrons. The fourth-order valence-corrected chi connectivity index (χ4v) is 6.86. The fourth-order valence-electron chi connectivity index (χ4n) is 6.86. The Morgan fingerprint density at radius 1 is 0.556 bits per heavy atom. The highest BCUT2D eigenvalue weighted by Crippen LogP contribution is 2.44. The van der Waals surface area contributed by atoms with E-state index in [9.17, 15) is 0 Å². The minimum Gasteiger partial charge on any atom is -0.326 e. The lowest BCUT2D eigenvalue weighted by Crippen LogP contribution is -2.70. The van der Waals surface area contributed by atoms with Crippen LogP contribution in [0.4, 0.5) is 0 Å². The standard InChI is InChI=1S/C30H37N6/c31-27-19-35(17-25(27)22-12-6-2-7-13-22)30(29(33)24(16-34-30)21-10-4-1-5-11-21)36-18-26(28(32)20-36)23-14-8-3-9-15-23/h1-15,24-29H,16-20,31-33H2/t24?,25-,26?,27+,28?,29?,30?/m0/s1. The SMILES string of the molecule is NC1CN(C2(N3C[C@@H](N)[C@H](c4ccccc4)C3)[N]CC(c3ccccc3)C2N)CC1c1ccccc1. The normalized spacial score (nSPS) is 35.4. The second-order valence-corrected chi connectivity index (χ2v) is 10.7. The largest absolute Gasteiger partial charge is 0.326 e. The second kappa shape index (κ2) is 9.71. The average molecular weight is 482 g/mol. The first-order chi connectivity index (χ1) is 17.6. The van der Waals surface area contributed by atoms with E-state index in [1.54, 1.807) is 0 Å². The van der Waals surface area contributed by atoms with Crippen molar-refractivity contribution in [2.75, 3.05) is 32.7 Å². The van der Waals surface area contributed by atoms with Crippen LogP contribution in [0.3, 0.4) is 0 Å². The van der Waals surface area contributed by atoms with Crippen molar-refractivity contribution in [2.45, 2.75) is 41.7 Å². The van der Waals surface area contributed by atoms with Crippen LogP contribution >= 0.6 is 0 Å². The van der Waals surface area contributed by atoms with Crippen LogP contribution in [0.1, 0.15) is 34.4 Å². The Morgan fingerprint density at radius 2 is 0.944 bits per heavy atom. The summed E-state index contributed by atoms with van der Waals surface area (Å²) in [5.41, 5.74) is 24.7. The number of nitrogens with two attached hydrogens (primary N) is 3. The molecule has 3 aliphatic rings. The molecule has 6 nitrogen and oxygen atoms in total. The van der Waals surface area contributed by atoms with Gasteiger partial charge in [0.1, 0.15) is 0 Å². The summed E-state index contributed by atoms with van der Waals surface area (Å²) in [6, 6.07) is 31.8. The van der Waals surface area contributed by atoms with Gasteiger partial charge in [-0.1, -0.05) is 91.0 Å². The first-order valence-corrected chi connectivity index (χ1v) is 13.2. The molecule has 3 fully saturated rings. The van der Waals surface area contributed by atoms with Crippen molar-refractivity contribution in [3.8, 4) is 0 Å². The Labute approximate surface area is 214 Å². The Bertz CT molecular complexity index is 1080. The maximum atomic E-state index is 7.25. The van der Waals surface area contributed by atoms with Gasteiger partial charge < -0.3 is 17.2 Å². The molecule has 1 radical (unpaired) electrons. The van der Waals surface area contributed by atoms with Crippen molar-refractivity contribution in [1.29, 1.82) is 0 Å². The van der Waals surface area contributed by atoms with E-state index in [1.165, 1.54) is 16.7 Å². The lowest BCUT2D eigenvalue weighted by atomic mass is 9.90. The van der Waals surface area contributed by atoms with E-state index in [1.807, 2.05) is 0 Å². The van der Waals surface area contributed by atoms with Crippen molar-refractivity contribution < 1.29 is 0 Å². The zero-order valence-electron chi connectivity index (χ0n) is 20.7. The van der Waals surface area contributed by atoms with Crippen LogP contribution in [-0.2, 0) is 0 Å². The van der Waals surface area contributed by atoms with Gasteiger partial charge in [0, 0.05) is 62.6 Å². The molecule has 0 aliphatic carbocycles. The molecule has 3 aromatic carbocycles. The highest BCUT2D eigenvalue weighted by Gasteiger charge is 2.59. The van der Waals surface area contributed by atoms with Crippen molar-refractivity contribution in [3.05, 3.63) is 108 Å². The van der Waals surface area contributed by atoms with Crippen LogP contribution < -0.4 is 22.5 Å². The number of nitrogens with zero attached hydrogens (tertiary/aromatic N) is 3. The monoisotopic (exact) mass is 481 g/mol. The summed E-state index contributed by atoms with van der Waals surface area (Å²) < 4.78 is 0. The number of likely N-dealkylation sites (tertiary alicyclic amines) is 2. The summed E-state index contributed by atoms with van der Waals surface area (Å²) in [7, 11) is 0. The Hall–Kier alpha value is -2.58. The summed E-state index contributed by atoms with van der Waals surface area (Å²) in [5.74, 6) is 0.0399. The molecule has 0 amide bonds. The predicted molar refractivity (Wildman–Crippen MR) is 144 cm³/mol. The molecule has 6 rings (SSSR count). The minimum absolute atomic E-state index is 0.0312. The molecule has 7 atom stereocenters. The van der Waals surface area contributed by atoms with E-state index in [-0.39, 0.29) is 35.9 Å². The molecule has 0 saturated carbocycles. The zero-order chi connectivity index (χ0) is 24.7. The third kappa shape index (κ3) is 3.98. The summed E-state index contributed by atoms with van der Waals surface area (Å²) in [4.78, 5) is 4.95. The minimum atomic E-state index is -0.622. The van der Waals surface area contributed by atoms with Crippen molar-refractivity contribution in [1.82, 2.24) is 15.1 Å². The Morgan fingerprint density at radius 3 is 1.36 bits per heavy atom. The van der Waals surface area contributed by atoms with Crippen LogP contribution in [0.25, 0.3) is 0 Å². The fraction of sp³-hybridized carbons (Fsp3) is 0.400. The summed E-state index contributed by atoms with van der Waals surface area (Å²) in [6.45, 7) is 3.91. The van der Waals surface area contributed by atoms with Gasteiger partial charge in [-0.15, -0.1) is 0 Å². The number of hydrogen-bond acceptors (Lipinski definition) is 5. The highest BCUT2D eigenvalue weighted by atomic mass is 15.6. The number of rotatable bonds is 5. The second-order valence-electron chi connectivity index (χ2n) is 10.7. The van der Waals surface area contributed by atoms with Gasteiger partial charge in [-0.05, 0) is 16.7 Å². The molecule has 3 saturated heterocycles. The third-order valence-corrected chi connectivity index (χ3v) is 8.75. The van der Waals surface area contributed by atoms with Gasteiger partial charge in [-0.3, -0.25) is 9.80 Å². The van der Waals surface area contributed by atoms with Gasteiger partial charge in [0.05, 0.1) is 6.04 Å². The third-order valence-electron chi connectivity index (χ3n) is 8.75. The molecule has 3 heterocycles. The van der Waals surface area contributed by atoms with E-state index in [0.717, 1.165) is 26.2 Å². The summed E-state index contributed by atoms with van der Waals surface area (Å²) in [5, 5.41) is 5.41. The van der Waals surface area contributed by atoms with Crippen LogP contribution in [0.15, 0.2) is 91.0 Å². The van der Waals surface area contributed by atoms with Crippen LogP contribution in [0, 0.1) is 0 Å². The first kappa shape index (κ1) is 23.8. The van der Waals surface area contributed by atoms with Gasteiger partial charge in [0.15, 0.2) is 5.79 Å². The molecule has 0 aromatic heterocycles. The topological polar surface area (TPSA) is 98.6 Å². The maximum absolute atomic E-state index is 7.25. The lowest BCUT2D eigenvalue weighted by Gasteiger charge is -2.48. The molecule has 6 N–H and O–H groups in total. The van der Waals surface area contributed by atoms with Crippen LogP contribution in [-0.4, -0.2) is 66.4 Å². The average Bonchev–Trinajstić information content (AvgIpc) is 3.61. The van der Waals surface area contributed by atoms with Crippen molar-refractivity contribution in [3.63, 3.8) is 0 Å². The quantitative estimate of drug-likeness (QED) is 0.519. The van der Waals surface area contributed by atoms with Gasteiger partial charge >= 0.3 is 0 Å². The van der Waals surface area contributed by atoms with E-state index in [0.29, 0.717) is 6.54 Å². The first-order valence-electron chi connectivity index (χ1n) is 13.2. The molecular formula is C30H37N6. The molecule has 3 aliphatic heterocycles. The summed E-state index contributed by atoms with van der Waals surface area (Å²) >= 11 is 0. The van der Waals surface area contributed by atoms with Crippen molar-refractivity contribution >= 4 is 0 Å². The Balaban J connectivity index is 1.35. The Kier molecular flexibility index (Phi) is 6.42. The zero-order valence-corrected chi connectivity index (χ0v) is 20.7. The van der Waals surface area contributed by atoms with Crippen LogP contribution in [0.2, 0.25) is 0 Å². The van der Waals surface area contributed by atoms with Crippen LogP contribution in [0.5, 0.6) is 0 Å². The molecular weight excluding hydrogens is 444 g/mol. The number of benzene rings is 3. The molecule has 5 unspecified atom stereocenters. The van der Waals surface area contributed by atoms with Gasteiger partial charge in [-0.2, -0.15) is 0 Å². The van der Waals surface area contributed by atoms with E-state index in [2.05, 4.69) is 101 Å². The molecule has 3 aromatic rings. The lowest BCUT2D eigenvalue weighted by molar-refractivity contribution is -0.0653. The highest BCUT2D eigenvalue weighted by molar-refractivity contribution is 5.30. The maximum Gasteiger partial charge on any atom is 0.160 e. The molecule has 0 bridgehead atoms. The van der Waals surface area contributed by atoms with Gasteiger partial charge in [-0.25, -0.2) is 5.32 Å². The molecule has 0 spiro atoms.